The molecule has 0 aliphatic rings. The summed E-state index contributed by atoms with van der Waals surface area (Å²) in [5.74, 6) is 0.841. The van der Waals surface area contributed by atoms with Gasteiger partial charge in [0.05, 0.1) is 7.11 Å². The van der Waals surface area contributed by atoms with Crippen molar-refractivity contribution in [2.75, 3.05) is 7.11 Å². The lowest BCUT2D eigenvalue weighted by molar-refractivity contribution is 0.414. The van der Waals surface area contributed by atoms with Gasteiger partial charge >= 0.3 is 0 Å². The molecule has 0 spiro atoms. The Labute approximate surface area is 112 Å². The average molecular weight is 262 g/mol. The SMILES string of the molecule is COc1ccc(C(N)Cc2cccc(Cl)c2)cc1. The fraction of sp³-hybridized carbons (Fsp3) is 0.200. The largest absolute Gasteiger partial charge is 0.497 e. The Bertz CT molecular complexity index is 510. The molecule has 2 nitrogen and oxygen atoms in total. The third-order valence-electron chi connectivity index (χ3n) is 2.89. The van der Waals surface area contributed by atoms with E-state index in [9.17, 15) is 0 Å². The second kappa shape index (κ2) is 5.89. The van der Waals surface area contributed by atoms with Crippen molar-refractivity contribution in [3.63, 3.8) is 0 Å². The Morgan fingerprint density at radius 2 is 1.89 bits per heavy atom. The molecule has 0 saturated heterocycles. The quantitative estimate of drug-likeness (QED) is 0.913. The van der Waals surface area contributed by atoms with E-state index in [-0.39, 0.29) is 6.04 Å². The molecule has 2 N–H and O–H groups in total. The minimum atomic E-state index is -0.0330. The first-order valence-electron chi connectivity index (χ1n) is 5.83. The van der Waals surface area contributed by atoms with Crippen LogP contribution in [0.2, 0.25) is 5.02 Å². The van der Waals surface area contributed by atoms with Gasteiger partial charge in [-0.25, -0.2) is 0 Å². The minimum absolute atomic E-state index is 0.0330. The van der Waals surface area contributed by atoms with Gasteiger partial charge in [0, 0.05) is 11.1 Å². The molecule has 18 heavy (non-hydrogen) atoms. The van der Waals surface area contributed by atoms with Gasteiger partial charge in [-0.1, -0.05) is 35.9 Å². The highest BCUT2D eigenvalue weighted by Crippen LogP contribution is 2.20. The second-order valence-electron chi connectivity index (χ2n) is 4.21. The van der Waals surface area contributed by atoms with Gasteiger partial charge in [-0.3, -0.25) is 0 Å². The Kier molecular flexibility index (Phi) is 4.24. The van der Waals surface area contributed by atoms with Crippen LogP contribution in [-0.2, 0) is 6.42 Å². The molecular weight excluding hydrogens is 246 g/mol. The minimum Gasteiger partial charge on any atom is -0.497 e. The van der Waals surface area contributed by atoms with Crippen LogP contribution in [0.5, 0.6) is 5.75 Å². The van der Waals surface area contributed by atoms with E-state index in [1.807, 2.05) is 48.5 Å². The van der Waals surface area contributed by atoms with E-state index in [2.05, 4.69) is 0 Å². The number of hydrogen-bond acceptors (Lipinski definition) is 2. The van der Waals surface area contributed by atoms with Crippen molar-refractivity contribution in [1.29, 1.82) is 0 Å². The fourth-order valence-electron chi connectivity index (χ4n) is 1.89. The summed E-state index contributed by atoms with van der Waals surface area (Å²) >= 11 is 5.96. The number of rotatable bonds is 4. The highest BCUT2D eigenvalue weighted by Gasteiger charge is 2.07. The van der Waals surface area contributed by atoms with Crippen LogP contribution in [0.3, 0.4) is 0 Å². The molecule has 3 heteroatoms. The number of nitrogens with two attached hydrogens (primary N) is 1. The van der Waals surface area contributed by atoms with E-state index in [0.29, 0.717) is 0 Å². The van der Waals surface area contributed by atoms with E-state index in [1.165, 1.54) is 0 Å². The van der Waals surface area contributed by atoms with Crippen LogP contribution in [-0.4, -0.2) is 7.11 Å². The number of benzene rings is 2. The lowest BCUT2D eigenvalue weighted by atomic mass is 10.00. The summed E-state index contributed by atoms with van der Waals surface area (Å²) in [4.78, 5) is 0. The maximum atomic E-state index is 6.18. The molecule has 0 aliphatic heterocycles. The van der Waals surface area contributed by atoms with E-state index in [4.69, 9.17) is 22.1 Å². The van der Waals surface area contributed by atoms with Crippen molar-refractivity contribution >= 4 is 11.6 Å². The van der Waals surface area contributed by atoms with E-state index in [0.717, 1.165) is 28.3 Å². The summed E-state index contributed by atoms with van der Waals surface area (Å²) in [7, 11) is 1.65. The Morgan fingerprint density at radius 3 is 2.50 bits per heavy atom. The zero-order valence-electron chi connectivity index (χ0n) is 10.3. The van der Waals surface area contributed by atoms with Gasteiger partial charge in [-0.05, 0) is 41.8 Å². The summed E-state index contributed by atoms with van der Waals surface area (Å²) in [6.07, 6.45) is 0.771. The molecule has 0 aliphatic carbocycles. The molecule has 94 valence electrons. The Hall–Kier alpha value is -1.51. The molecule has 0 aromatic heterocycles. The van der Waals surface area contributed by atoms with Crippen molar-refractivity contribution in [2.45, 2.75) is 12.5 Å². The maximum absolute atomic E-state index is 6.18. The molecule has 2 aromatic carbocycles. The summed E-state index contributed by atoms with van der Waals surface area (Å²) in [5.41, 5.74) is 8.42. The zero-order chi connectivity index (χ0) is 13.0. The fourth-order valence-corrected chi connectivity index (χ4v) is 2.10. The van der Waals surface area contributed by atoms with Crippen LogP contribution in [0, 0.1) is 0 Å². The number of methoxy groups -OCH3 is 1. The van der Waals surface area contributed by atoms with Gasteiger partial charge in [0.25, 0.3) is 0 Å². The zero-order valence-corrected chi connectivity index (χ0v) is 11.0. The molecule has 0 heterocycles. The van der Waals surface area contributed by atoms with Gasteiger partial charge in [-0.15, -0.1) is 0 Å². The van der Waals surface area contributed by atoms with Crippen LogP contribution < -0.4 is 10.5 Å². The van der Waals surface area contributed by atoms with Gasteiger partial charge in [0.2, 0.25) is 0 Å². The van der Waals surface area contributed by atoms with Gasteiger partial charge in [-0.2, -0.15) is 0 Å². The topological polar surface area (TPSA) is 35.2 Å². The summed E-state index contributed by atoms with van der Waals surface area (Å²) in [6, 6.07) is 15.6. The van der Waals surface area contributed by atoms with Crippen molar-refractivity contribution in [3.05, 3.63) is 64.7 Å². The molecule has 0 bridgehead atoms. The van der Waals surface area contributed by atoms with Gasteiger partial charge in [0.1, 0.15) is 5.75 Å². The standard InChI is InChI=1S/C15H16ClNO/c1-18-14-7-5-12(6-8-14)15(17)10-11-3-2-4-13(16)9-11/h2-9,15H,10,17H2,1H3. The Morgan fingerprint density at radius 1 is 1.17 bits per heavy atom. The third-order valence-corrected chi connectivity index (χ3v) is 3.12. The third kappa shape index (κ3) is 3.25. The first-order chi connectivity index (χ1) is 8.69. The van der Waals surface area contributed by atoms with Crippen molar-refractivity contribution in [3.8, 4) is 5.75 Å². The maximum Gasteiger partial charge on any atom is 0.118 e. The highest BCUT2D eigenvalue weighted by molar-refractivity contribution is 6.30. The number of ether oxygens (including phenoxy) is 1. The van der Waals surface area contributed by atoms with Crippen LogP contribution >= 0.6 is 11.6 Å². The molecule has 0 amide bonds. The van der Waals surface area contributed by atoms with E-state index < -0.39 is 0 Å². The first kappa shape index (κ1) is 12.9. The van der Waals surface area contributed by atoms with E-state index >= 15 is 0 Å². The Balaban J connectivity index is 2.09. The van der Waals surface area contributed by atoms with Gasteiger partial charge in [0.15, 0.2) is 0 Å². The number of halogens is 1. The van der Waals surface area contributed by atoms with Crippen LogP contribution in [0.1, 0.15) is 17.2 Å². The van der Waals surface area contributed by atoms with Crippen LogP contribution in [0.4, 0.5) is 0 Å². The molecule has 0 radical (unpaired) electrons. The number of hydrogen-bond donors (Lipinski definition) is 1. The predicted octanol–water partition coefficient (Wildman–Crippen LogP) is 3.59. The molecular formula is C15H16ClNO. The molecule has 1 unspecified atom stereocenters. The first-order valence-corrected chi connectivity index (χ1v) is 6.21. The molecule has 1 atom stereocenters. The lowest BCUT2D eigenvalue weighted by Crippen LogP contribution is -2.13. The summed E-state index contributed by atoms with van der Waals surface area (Å²) in [5, 5.41) is 0.745. The predicted molar refractivity (Wildman–Crippen MR) is 75.1 cm³/mol. The normalized spacial score (nSPS) is 12.2. The smallest absolute Gasteiger partial charge is 0.118 e. The molecule has 0 fully saturated rings. The summed E-state index contributed by atoms with van der Waals surface area (Å²) < 4.78 is 5.12. The monoisotopic (exact) mass is 261 g/mol. The highest BCUT2D eigenvalue weighted by atomic mass is 35.5. The average Bonchev–Trinajstić information content (AvgIpc) is 2.39. The van der Waals surface area contributed by atoms with Gasteiger partial charge < -0.3 is 10.5 Å². The van der Waals surface area contributed by atoms with Crippen LogP contribution in [0.25, 0.3) is 0 Å². The van der Waals surface area contributed by atoms with Crippen molar-refractivity contribution < 1.29 is 4.74 Å². The molecule has 2 rings (SSSR count). The van der Waals surface area contributed by atoms with Crippen molar-refractivity contribution in [1.82, 2.24) is 0 Å². The molecule has 2 aromatic rings. The molecule has 0 saturated carbocycles. The lowest BCUT2D eigenvalue weighted by Gasteiger charge is -2.13. The summed E-state index contributed by atoms with van der Waals surface area (Å²) in [6.45, 7) is 0. The van der Waals surface area contributed by atoms with Crippen LogP contribution in [0.15, 0.2) is 48.5 Å². The second-order valence-corrected chi connectivity index (χ2v) is 4.65. The van der Waals surface area contributed by atoms with E-state index in [1.54, 1.807) is 7.11 Å². The van der Waals surface area contributed by atoms with Crippen molar-refractivity contribution in [2.24, 2.45) is 5.73 Å².